The van der Waals surface area contributed by atoms with E-state index in [4.69, 9.17) is 4.74 Å². The molecule has 5 N–H and O–H groups in total. The lowest BCUT2D eigenvalue weighted by Crippen LogP contribution is -3.00. The van der Waals surface area contributed by atoms with Gasteiger partial charge in [0.15, 0.2) is 0 Å². The summed E-state index contributed by atoms with van der Waals surface area (Å²) in [6.45, 7) is 0. The Labute approximate surface area is 179 Å². The Balaban J connectivity index is 0.00000320. The van der Waals surface area contributed by atoms with Crippen LogP contribution in [0.3, 0.4) is 0 Å². The third kappa shape index (κ3) is 4.56. The SMILES string of the molecule is COC(=O)c1cc(NC(=O)c2cc(NC(=O)c3cc([NH3+])cn3C)cn2C)cn1C.[Cl-]. The number of carbonyl (C=O) groups is 3. The number of hydrogen-bond donors (Lipinski definition) is 3. The third-order valence-electron chi connectivity index (χ3n) is 4.45. The van der Waals surface area contributed by atoms with Gasteiger partial charge in [-0.05, 0) is 12.1 Å². The van der Waals surface area contributed by atoms with Crippen LogP contribution < -0.4 is 28.8 Å². The zero-order valence-electron chi connectivity index (χ0n) is 17.0. The molecule has 0 atom stereocenters. The lowest BCUT2D eigenvalue weighted by atomic mass is 10.3. The summed E-state index contributed by atoms with van der Waals surface area (Å²) in [6, 6.07) is 4.78. The summed E-state index contributed by atoms with van der Waals surface area (Å²) in [6.07, 6.45) is 5.01. The van der Waals surface area contributed by atoms with Crippen LogP contribution >= 0.6 is 0 Å². The summed E-state index contributed by atoms with van der Waals surface area (Å²) in [5.41, 5.74) is 6.60. The number of rotatable bonds is 5. The molecular weight excluding hydrogens is 412 g/mol. The van der Waals surface area contributed by atoms with E-state index in [0.29, 0.717) is 28.5 Å². The molecular formula is C19H23ClN6O4. The predicted octanol–water partition coefficient (Wildman–Crippen LogP) is -2.13. The highest BCUT2D eigenvalue weighted by Gasteiger charge is 2.18. The number of aryl methyl sites for hydroxylation is 3. The molecule has 11 heteroatoms. The number of nitrogens with zero attached hydrogens (tertiary/aromatic N) is 3. The third-order valence-corrected chi connectivity index (χ3v) is 4.45. The number of quaternary nitrogens is 1. The average molecular weight is 435 g/mol. The number of esters is 1. The van der Waals surface area contributed by atoms with Gasteiger partial charge < -0.3 is 47.2 Å². The van der Waals surface area contributed by atoms with Crippen molar-refractivity contribution in [1.82, 2.24) is 13.7 Å². The van der Waals surface area contributed by atoms with E-state index < -0.39 is 5.97 Å². The van der Waals surface area contributed by atoms with Crippen molar-refractivity contribution in [2.75, 3.05) is 17.7 Å². The van der Waals surface area contributed by atoms with Crippen LogP contribution in [0.25, 0.3) is 0 Å². The Bertz CT molecular complexity index is 1110. The molecule has 0 aliphatic heterocycles. The first-order valence-corrected chi connectivity index (χ1v) is 8.71. The van der Waals surface area contributed by atoms with Gasteiger partial charge in [-0.1, -0.05) is 0 Å². The Morgan fingerprint density at radius 3 is 1.70 bits per heavy atom. The van der Waals surface area contributed by atoms with Crippen LogP contribution in [0.5, 0.6) is 0 Å². The normalized spacial score (nSPS) is 10.3. The van der Waals surface area contributed by atoms with E-state index in [-0.39, 0.29) is 24.2 Å². The van der Waals surface area contributed by atoms with Gasteiger partial charge in [0.1, 0.15) is 22.8 Å². The van der Waals surface area contributed by atoms with Crippen molar-refractivity contribution in [3.05, 3.63) is 53.9 Å². The van der Waals surface area contributed by atoms with Crippen molar-refractivity contribution in [2.24, 2.45) is 21.1 Å². The number of halogens is 1. The maximum atomic E-state index is 12.6. The quantitative estimate of drug-likeness (QED) is 0.396. The zero-order chi connectivity index (χ0) is 21.3. The number of amides is 2. The van der Waals surface area contributed by atoms with Crippen molar-refractivity contribution < 1.29 is 37.3 Å². The summed E-state index contributed by atoms with van der Waals surface area (Å²) >= 11 is 0. The Kier molecular flexibility index (Phi) is 6.75. The fourth-order valence-electron chi connectivity index (χ4n) is 3.05. The minimum absolute atomic E-state index is 0. The van der Waals surface area contributed by atoms with Crippen molar-refractivity contribution in [3.63, 3.8) is 0 Å². The molecule has 2 amide bonds. The van der Waals surface area contributed by atoms with Gasteiger partial charge in [0.05, 0.1) is 24.7 Å². The molecule has 0 unspecified atom stereocenters. The molecule has 0 spiro atoms. The van der Waals surface area contributed by atoms with E-state index in [9.17, 15) is 14.4 Å². The number of methoxy groups -OCH3 is 1. The second-order valence-electron chi connectivity index (χ2n) is 6.69. The summed E-state index contributed by atoms with van der Waals surface area (Å²) < 4.78 is 9.55. The number of ether oxygens (including phenoxy) is 1. The first-order chi connectivity index (χ1) is 13.7. The molecule has 3 heterocycles. The van der Waals surface area contributed by atoms with Crippen molar-refractivity contribution in [2.45, 2.75) is 0 Å². The lowest BCUT2D eigenvalue weighted by molar-refractivity contribution is -0.254. The minimum Gasteiger partial charge on any atom is -1.00 e. The first-order valence-electron chi connectivity index (χ1n) is 8.71. The van der Waals surface area contributed by atoms with Gasteiger partial charge in [0.2, 0.25) is 0 Å². The zero-order valence-corrected chi connectivity index (χ0v) is 17.8. The molecule has 3 rings (SSSR count). The van der Waals surface area contributed by atoms with Gasteiger partial charge in [-0.3, -0.25) is 9.59 Å². The van der Waals surface area contributed by atoms with Gasteiger partial charge in [0.25, 0.3) is 11.8 Å². The molecule has 3 aromatic rings. The maximum Gasteiger partial charge on any atom is 0.354 e. The molecule has 0 fully saturated rings. The highest BCUT2D eigenvalue weighted by molar-refractivity contribution is 6.07. The van der Waals surface area contributed by atoms with Crippen LogP contribution in [0, 0.1) is 0 Å². The molecule has 0 aliphatic carbocycles. The van der Waals surface area contributed by atoms with E-state index in [2.05, 4.69) is 16.4 Å². The summed E-state index contributed by atoms with van der Waals surface area (Å²) in [7, 11) is 6.43. The fraction of sp³-hybridized carbons (Fsp3) is 0.211. The Morgan fingerprint density at radius 1 is 0.800 bits per heavy atom. The summed E-state index contributed by atoms with van der Waals surface area (Å²) in [4.78, 5) is 36.8. The largest absolute Gasteiger partial charge is 1.00 e. The number of hydrogen-bond acceptors (Lipinski definition) is 4. The second-order valence-corrected chi connectivity index (χ2v) is 6.69. The van der Waals surface area contributed by atoms with Gasteiger partial charge in [-0.2, -0.15) is 0 Å². The van der Waals surface area contributed by atoms with Crippen LogP contribution in [0.2, 0.25) is 0 Å². The monoisotopic (exact) mass is 434 g/mol. The molecule has 0 bridgehead atoms. The van der Waals surface area contributed by atoms with Crippen molar-refractivity contribution in [1.29, 1.82) is 0 Å². The molecule has 3 aromatic heterocycles. The molecule has 0 aliphatic rings. The molecule has 0 aromatic carbocycles. The summed E-state index contributed by atoms with van der Waals surface area (Å²) in [5.74, 6) is -1.18. The highest BCUT2D eigenvalue weighted by Crippen LogP contribution is 2.19. The van der Waals surface area contributed by atoms with E-state index in [1.54, 1.807) is 65.6 Å². The van der Waals surface area contributed by atoms with Crippen LogP contribution in [-0.2, 0) is 25.9 Å². The Morgan fingerprint density at radius 2 is 1.23 bits per heavy atom. The molecule has 160 valence electrons. The summed E-state index contributed by atoms with van der Waals surface area (Å²) in [5, 5.41) is 5.51. The van der Waals surface area contributed by atoms with E-state index in [1.165, 1.54) is 13.2 Å². The molecule has 0 saturated carbocycles. The number of aromatic nitrogens is 3. The van der Waals surface area contributed by atoms with Crippen molar-refractivity contribution in [3.8, 4) is 0 Å². The average Bonchev–Trinajstić information content (AvgIpc) is 3.31. The van der Waals surface area contributed by atoms with E-state index >= 15 is 0 Å². The van der Waals surface area contributed by atoms with E-state index in [0.717, 1.165) is 5.69 Å². The molecule has 10 nitrogen and oxygen atoms in total. The van der Waals surface area contributed by atoms with Gasteiger partial charge >= 0.3 is 5.97 Å². The molecule has 0 saturated heterocycles. The number of nitrogens with one attached hydrogen (secondary N) is 2. The van der Waals surface area contributed by atoms with Gasteiger partial charge in [0, 0.05) is 39.6 Å². The van der Waals surface area contributed by atoms with Gasteiger partial charge in [-0.15, -0.1) is 0 Å². The molecule has 0 radical (unpaired) electrons. The Hall–Kier alpha value is -3.50. The predicted molar refractivity (Wildman–Crippen MR) is 106 cm³/mol. The van der Waals surface area contributed by atoms with Gasteiger partial charge in [-0.25, -0.2) is 4.79 Å². The highest BCUT2D eigenvalue weighted by atomic mass is 35.5. The van der Waals surface area contributed by atoms with Crippen LogP contribution in [0.15, 0.2) is 36.8 Å². The number of anilines is 2. The second kappa shape index (κ2) is 8.89. The smallest absolute Gasteiger partial charge is 0.354 e. The standard InChI is InChI=1S/C19H22N6O4.ClH/c1-23-8-11(20)5-14(23)17(26)21-12-6-15(24(2)9-12)18(27)22-13-7-16(19(28)29-4)25(3)10-13;/h5-10H,20H2,1-4H3,(H,21,26)(H,22,27);1H. The fourth-order valence-corrected chi connectivity index (χ4v) is 3.05. The van der Waals surface area contributed by atoms with Crippen molar-refractivity contribution >= 4 is 34.8 Å². The van der Waals surface area contributed by atoms with Crippen LogP contribution in [0.4, 0.5) is 17.1 Å². The number of carbonyl (C=O) groups excluding carboxylic acids is 3. The van der Waals surface area contributed by atoms with E-state index in [1.807, 2.05) is 0 Å². The maximum absolute atomic E-state index is 12.6. The minimum atomic E-state index is -0.497. The first kappa shape index (κ1) is 22.8. The molecule has 30 heavy (non-hydrogen) atoms. The van der Waals surface area contributed by atoms with Crippen LogP contribution in [-0.4, -0.2) is 38.6 Å². The topological polar surface area (TPSA) is 127 Å². The lowest BCUT2D eigenvalue weighted by Gasteiger charge is -2.03. The van der Waals surface area contributed by atoms with Crippen LogP contribution in [0.1, 0.15) is 31.5 Å².